The molecule has 17 nitrogen and oxygen atoms in total. The van der Waals surface area contributed by atoms with Crippen molar-refractivity contribution >= 4 is 52.5 Å². The van der Waals surface area contributed by atoms with E-state index in [1.54, 1.807) is 29.1 Å². The maximum absolute atomic E-state index is 15.1. The van der Waals surface area contributed by atoms with Crippen LogP contribution in [0.15, 0.2) is 42.6 Å². The lowest BCUT2D eigenvalue weighted by Crippen LogP contribution is -2.54. The number of alkyl halides is 3. The normalized spacial score (nSPS) is 20.1. The number of piperazine rings is 1. The molecule has 3 aliphatic heterocycles. The largest absolute Gasteiger partial charge is 0.490 e. The van der Waals surface area contributed by atoms with E-state index in [9.17, 15) is 37.1 Å². The molecule has 0 bridgehead atoms. The predicted molar refractivity (Wildman–Crippen MR) is 232 cm³/mol. The van der Waals surface area contributed by atoms with Crippen molar-refractivity contribution in [2.45, 2.75) is 102 Å². The molecule has 0 radical (unpaired) electrons. The first-order valence-corrected chi connectivity index (χ1v) is 22.1. The number of benzene rings is 2. The monoisotopic (exact) mass is 920 g/mol. The topological polar surface area (TPSA) is 212 Å². The molecule has 5 heterocycles. The zero-order valence-electron chi connectivity index (χ0n) is 36.8. The number of fused-ring (bicyclic) bond motifs is 2. The molecular formula is C45H52F4N10O7. The van der Waals surface area contributed by atoms with Gasteiger partial charge in [-0.1, -0.05) is 32.4 Å². The second-order valence-electron chi connectivity index (χ2n) is 17.3. The Bertz CT molecular complexity index is 2520. The lowest BCUT2D eigenvalue weighted by Gasteiger charge is -2.35. The van der Waals surface area contributed by atoms with Crippen molar-refractivity contribution in [2.75, 3.05) is 38.0 Å². The van der Waals surface area contributed by atoms with Gasteiger partial charge in [-0.3, -0.25) is 39.0 Å². The van der Waals surface area contributed by atoms with Gasteiger partial charge in [0.05, 0.1) is 16.8 Å². The van der Waals surface area contributed by atoms with Crippen LogP contribution in [0.1, 0.15) is 103 Å². The summed E-state index contributed by atoms with van der Waals surface area (Å²) in [7, 11) is 1.84. The van der Waals surface area contributed by atoms with Crippen LogP contribution in [0.4, 0.5) is 28.3 Å². The van der Waals surface area contributed by atoms with Gasteiger partial charge >= 0.3 is 18.2 Å². The van der Waals surface area contributed by atoms with Crippen molar-refractivity contribution in [3.63, 3.8) is 0 Å². The van der Waals surface area contributed by atoms with Crippen LogP contribution in [-0.4, -0.2) is 132 Å². The number of halogens is 4. The Labute approximate surface area is 377 Å². The van der Waals surface area contributed by atoms with Gasteiger partial charge in [0, 0.05) is 74.6 Å². The van der Waals surface area contributed by atoms with Gasteiger partial charge in [-0.15, -0.1) is 0 Å². The lowest BCUT2D eigenvalue weighted by molar-refractivity contribution is -0.192. The number of carbonyl (C=O) groups is 6. The molecule has 4 N–H and O–H groups in total. The van der Waals surface area contributed by atoms with Gasteiger partial charge in [-0.2, -0.15) is 18.3 Å². The quantitative estimate of drug-likeness (QED) is 0.0800. The molecule has 2 aromatic heterocycles. The summed E-state index contributed by atoms with van der Waals surface area (Å²) in [5, 5.41) is 21.2. The number of rotatable bonds is 12. The van der Waals surface area contributed by atoms with Crippen LogP contribution in [-0.2, 0) is 27.9 Å². The van der Waals surface area contributed by atoms with E-state index in [-0.39, 0.29) is 42.7 Å². The van der Waals surface area contributed by atoms with E-state index in [4.69, 9.17) is 14.9 Å². The van der Waals surface area contributed by atoms with Crippen molar-refractivity contribution in [1.82, 2.24) is 45.1 Å². The third-order valence-electron chi connectivity index (χ3n) is 12.4. The zero-order chi connectivity index (χ0) is 47.4. The molecular weight excluding hydrogens is 869 g/mol. The molecule has 2 aromatic carbocycles. The summed E-state index contributed by atoms with van der Waals surface area (Å²) in [6.07, 6.45) is 2.66. The highest BCUT2D eigenvalue weighted by atomic mass is 19.4. The van der Waals surface area contributed by atoms with Gasteiger partial charge in [0.25, 0.3) is 11.8 Å². The van der Waals surface area contributed by atoms with Gasteiger partial charge in [-0.05, 0) is 87.2 Å². The van der Waals surface area contributed by atoms with Crippen LogP contribution in [0.5, 0.6) is 0 Å². The Morgan fingerprint density at radius 2 is 1.68 bits per heavy atom. The first kappa shape index (κ1) is 47.5. The number of hydrogen-bond acceptors (Lipinski definition) is 11. The van der Waals surface area contributed by atoms with E-state index in [2.05, 4.69) is 44.8 Å². The lowest BCUT2D eigenvalue weighted by atomic mass is 9.98. The molecule has 6 amide bonds. The second kappa shape index (κ2) is 19.9. The molecule has 8 rings (SSSR count). The maximum Gasteiger partial charge on any atom is 0.490 e. The van der Waals surface area contributed by atoms with Crippen molar-refractivity contribution in [2.24, 2.45) is 7.05 Å². The number of carboxylic acid groups (broad SMARTS) is 1. The third kappa shape index (κ3) is 10.6. The molecule has 1 unspecified atom stereocenters. The summed E-state index contributed by atoms with van der Waals surface area (Å²) in [6, 6.07) is 9.60. The number of unbranched alkanes of at least 4 members (excludes halogenated alkanes) is 2. The number of anilines is 1. The Kier molecular flexibility index (Phi) is 14.3. The number of carboxylic acids is 1. The Morgan fingerprint density at radius 3 is 2.38 bits per heavy atom. The number of piperidine rings is 1. The van der Waals surface area contributed by atoms with Crippen molar-refractivity contribution in [3.8, 4) is 11.3 Å². The maximum atomic E-state index is 15.1. The Morgan fingerprint density at radius 1 is 0.955 bits per heavy atom. The smallest absolute Gasteiger partial charge is 0.475 e. The number of nitrogens with zero attached hydrogens (tertiary/aromatic N) is 7. The minimum Gasteiger partial charge on any atom is -0.475 e. The fourth-order valence-corrected chi connectivity index (χ4v) is 9.18. The molecule has 3 atom stereocenters. The highest BCUT2D eigenvalue weighted by Crippen LogP contribution is 2.33. The molecule has 1 saturated carbocycles. The average molecular weight is 921 g/mol. The van der Waals surface area contributed by atoms with Crippen molar-refractivity contribution < 1.29 is 51.4 Å². The molecule has 352 valence electrons. The Balaban J connectivity index is 0.000000858. The van der Waals surface area contributed by atoms with Crippen molar-refractivity contribution in [3.05, 3.63) is 70.8 Å². The number of urea groups is 1. The minimum atomic E-state index is -5.08. The van der Waals surface area contributed by atoms with Gasteiger partial charge < -0.3 is 20.6 Å². The van der Waals surface area contributed by atoms with Crippen LogP contribution in [0.25, 0.3) is 22.2 Å². The van der Waals surface area contributed by atoms with Crippen LogP contribution >= 0.6 is 0 Å². The van der Waals surface area contributed by atoms with E-state index in [0.29, 0.717) is 53.4 Å². The number of aromatic nitrogens is 4. The molecule has 21 heteroatoms. The number of aryl methyl sites for hydroxylation is 2. The predicted octanol–water partition coefficient (Wildman–Crippen LogP) is 5.40. The number of amides is 6. The van der Waals surface area contributed by atoms with E-state index >= 15 is 4.39 Å². The van der Waals surface area contributed by atoms with Crippen LogP contribution < -0.4 is 16.0 Å². The van der Waals surface area contributed by atoms with Crippen molar-refractivity contribution in [1.29, 1.82) is 0 Å². The van der Waals surface area contributed by atoms with E-state index < -0.39 is 41.8 Å². The standard InChI is InChI=1S/C43H51FN10O5.C2HF3O2/c1-25(2)38-31-22-27(23-32(44)37(31)50-51(38)3)33-15-16-45-42(48-33)46-28-11-12-29(24-28)47-43(59)53-20-18-52(19-21-53)17-6-4-5-8-26-9-7-10-30-36(26)41(58)54(40(30)57)34-13-14-35(55)49-39(34)56;3-2(4,5)1(6)7/h7,9-10,15-16,22-23,25,28-29,34H,4-6,8,11-14,17-21,24H2,1-3H3,(H,47,59)(H,45,46,48)(H,49,55,56);(H,6,7)/t28-,29-,34?;/m0./s1. The molecule has 4 aromatic rings. The van der Waals surface area contributed by atoms with E-state index in [0.717, 1.165) is 79.7 Å². The fraction of sp³-hybridized carbons (Fsp3) is 0.489. The van der Waals surface area contributed by atoms with Gasteiger partial charge in [0.1, 0.15) is 11.6 Å². The van der Waals surface area contributed by atoms with E-state index in [1.165, 1.54) is 6.07 Å². The summed E-state index contributed by atoms with van der Waals surface area (Å²) < 4.78 is 48.6. The highest BCUT2D eigenvalue weighted by Gasteiger charge is 2.45. The number of imide groups is 2. The number of nitrogens with one attached hydrogen (secondary N) is 3. The first-order chi connectivity index (χ1) is 31.4. The average Bonchev–Trinajstić information content (AvgIpc) is 3.93. The molecule has 3 fully saturated rings. The number of carbonyl (C=O) groups excluding carboxylic acids is 5. The first-order valence-electron chi connectivity index (χ1n) is 22.1. The number of aliphatic carboxylic acids is 1. The molecule has 2 saturated heterocycles. The van der Waals surface area contributed by atoms with Gasteiger partial charge in [-0.25, -0.2) is 23.9 Å². The van der Waals surface area contributed by atoms with Crippen LogP contribution in [0.3, 0.4) is 0 Å². The summed E-state index contributed by atoms with van der Waals surface area (Å²) in [6.45, 7) is 7.95. The molecule has 1 aliphatic carbocycles. The van der Waals surface area contributed by atoms with Crippen LogP contribution in [0, 0.1) is 5.82 Å². The highest BCUT2D eigenvalue weighted by molar-refractivity contribution is 6.24. The Hall–Kier alpha value is -6.51. The zero-order valence-corrected chi connectivity index (χ0v) is 36.8. The molecule has 4 aliphatic rings. The second-order valence-corrected chi connectivity index (χ2v) is 17.3. The summed E-state index contributed by atoms with van der Waals surface area (Å²) in [4.78, 5) is 87.2. The SMILES string of the molecule is CC(C)c1c2cc(-c3ccnc(N[C@H]4CC[C@H](NC(=O)N5CCN(CCCCCc6cccc7c6C(=O)N(C6CCC(=O)NC6=O)C7=O)CC5)C4)n3)cc(F)c2nn1C.O=C(O)C(F)(F)F. The summed E-state index contributed by atoms with van der Waals surface area (Å²) in [5.74, 6) is -4.44. The summed E-state index contributed by atoms with van der Waals surface area (Å²) >= 11 is 0. The molecule has 0 spiro atoms. The minimum absolute atomic E-state index is 0.0394. The summed E-state index contributed by atoms with van der Waals surface area (Å²) in [5.41, 5.74) is 4.10. The van der Waals surface area contributed by atoms with Gasteiger partial charge in [0.15, 0.2) is 5.82 Å². The van der Waals surface area contributed by atoms with E-state index in [1.807, 2.05) is 24.1 Å². The fourth-order valence-electron chi connectivity index (χ4n) is 9.18. The molecule has 66 heavy (non-hydrogen) atoms. The van der Waals surface area contributed by atoms with Crippen LogP contribution in [0.2, 0.25) is 0 Å². The number of hydrogen-bond donors (Lipinski definition) is 4. The third-order valence-corrected chi connectivity index (χ3v) is 12.4. The van der Waals surface area contributed by atoms with Gasteiger partial charge in [0.2, 0.25) is 17.8 Å².